The van der Waals surface area contributed by atoms with E-state index in [0.717, 1.165) is 31.3 Å². The summed E-state index contributed by atoms with van der Waals surface area (Å²) in [6, 6.07) is 10.5. The maximum Gasteiger partial charge on any atom is 0.362 e. The van der Waals surface area contributed by atoms with Gasteiger partial charge in [-0.3, -0.25) is 4.79 Å². The van der Waals surface area contributed by atoms with Crippen molar-refractivity contribution < 1.29 is 13.6 Å². The normalized spacial score (nSPS) is 14.2. The van der Waals surface area contributed by atoms with E-state index in [1.54, 1.807) is 12.1 Å². The van der Waals surface area contributed by atoms with Crippen LogP contribution >= 0.6 is 15.9 Å². The van der Waals surface area contributed by atoms with Crippen molar-refractivity contribution in [3.8, 4) is 0 Å². The van der Waals surface area contributed by atoms with Gasteiger partial charge in [0.05, 0.1) is 5.69 Å². The summed E-state index contributed by atoms with van der Waals surface area (Å²) in [6.07, 6.45) is 2.10. The van der Waals surface area contributed by atoms with Crippen LogP contribution in [0.4, 0.5) is 11.4 Å². The summed E-state index contributed by atoms with van der Waals surface area (Å²) >= 11 is 3.17. The van der Waals surface area contributed by atoms with E-state index in [1.165, 1.54) is 6.07 Å². The maximum absolute atomic E-state index is 12.5. The lowest BCUT2D eigenvalue weighted by atomic mass is 10.1. The van der Waals surface area contributed by atoms with Gasteiger partial charge in [-0.25, -0.2) is 4.79 Å². The number of hydrogen-bond acceptors (Lipinski definition) is 5. The molecule has 4 rings (SSSR count). The van der Waals surface area contributed by atoms with Gasteiger partial charge in [-0.15, -0.1) is 0 Å². The highest BCUT2D eigenvalue weighted by atomic mass is 79.9. The standard InChI is InChI=1S/C18H15BrN2O4/c19-14-8-7-13(24-14)17(22)20-15-16(21-9-3-4-10-21)11-5-1-2-6-12(11)25-18(15)23/h1-2,5-8H,3-4,9-10H2,(H,20,22). The summed E-state index contributed by atoms with van der Waals surface area (Å²) in [4.78, 5) is 27.1. The van der Waals surface area contributed by atoms with E-state index >= 15 is 0 Å². The third-order valence-electron chi connectivity index (χ3n) is 4.24. The summed E-state index contributed by atoms with van der Waals surface area (Å²) < 4.78 is 11.1. The Balaban J connectivity index is 1.84. The van der Waals surface area contributed by atoms with Crippen molar-refractivity contribution in [3.63, 3.8) is 0 Å². The highest BCUT2D eigenvalue weighted by Crippen LogP contribution is 2.34. The van der Waals surface area contributed by atoms with Gasteiger partial charge in [0, 0.05) is 18.5 Å². The topological polar surface area (TPSA) is 75.7 Å². The molecule has 1 aliphatic rings. The fraction of sp³-hybridized carbons (Fsp3) is 0.222. The van der Waals surface area contributed by atoms with E-state index in [9.17, 15) is 9.59 Å². The Morgan fingerprint density at radius 1 is 1.08 bits per heavy atom. The molecule has 1 amide bonds. The molecule has 0 aliphatic carbocycles. The summed E-state index contributed by atoms with van der Waals surface area (Å²) in [6.45, 7) is 1.67. The Bertz CT molecular complexity index is 1000. The van der Waals surface area contributed by atoms with Crippen LogP contribution in [-0.2, 0) is 0 Å². The average Bonchev–Trinajstić information content (AvgIpc) is 3.27. The molecule has 6 nitrogen and oxygen atoms in total. The van der Waals surface area contributed by atoms with Gasteiger partial charge < -0.3 is 19.1 Å². The van der Waals surface area contributed by atoms with Gasteiger partial charge >= 0.3 is 5.63 Å². The Labute approximate surface area is 151 Å². The summed E-state index contributed by atoms with van der Waals surface area (Å²) in [5, 5.41) is 3.48. The molecule has 0 unspecified atom stereocenters. The first-order valence-corrected chi connectivity index (χ1v) is 8.80. The number of fused-ring (bicyclic) bond motifs is 1. The lowest BCUT2D eigenvalue weighted by molar-refractivity contribution is 0.0995. The van der Waals surface area contributed by atoms with Crippen molar-refractivity contribution in [2.24, 2.45) is 0 Å². The fourth-order valence-electron chi connectivity index (χ4n) is 3.12. The molecule has 0 spiro atoms. The smallest absolute Gasteiger partial charge is 0.362 e. The van der Waals surface area contributed by atoms with Crippen LogP contribution in [0.2, 0.25) is 0 Å². The minimum absolute atomic E-state index is 0.117. The van der Waals surface area contributed by atoms with Crippen molar-refractivity contribution in [1.82, 2.24) is 0 Å². The monoisotopic (exact) mass is 402 g/mol. The summed E-state index contributed by atoms with van der Waals surface area (Å²) in [5.41, 5.74) is 0.800. The Kier molecular flexibility index (Phi) is 4.09. The average molecular weight is 403 g/mol. The number of nitrogens with one attached hydrogen (secondary N) is 1. The number of furan rings is 1. The number of benzene rings is 1. The third-order valence-corrected chi connectivity index (χ3v) is 4.67. The highest BCUT2D eigenvalue weighted by molar-refractivity contribution is 9.10. The van der Waals surface area contributed by atoms with Gasteiger partial charge in [0.25, 0.3) is 5.91 Å². The zero-order chi connectivity index (χ0) is 17.4. The second-order valence-electron chi connectivity index (χ2n) is 5.86. The minimum atomic E-state index is -0.570. The number of rotatable bonds is 3. The van der Waals surface area contributed by atoms with E-state index in [0.29, 0.717) is 15.9 Å². The zero-order valence-corrected chi connectivity index (χ0v) is 14.8. The molecule has 1 N–H and O–H groups in total. The van der Waals surface area contributed by atoms with Gasteiger partial charge in [-0.05, 0) is 53.0 Å². The number of halogens is 1. The van der Waals surface area contributed by atoms with Crippen molar-refractivity contribution in [3.05, 3.63) is 57.2 Å². The largest absolute Gasteiger partial charge is 0.444 e. The molecule has 1 fully saturated rings. The molecular weight excluding hydrogens is 388 g/mol. The van der Waals surface area contributed by atoms with Crippen molar-refractivity contribution in [1.29, 1.82) is 0 Å². The SMILES string of the molecule is O=C(Nc1c(N2CCCC2)c2ccccc2oc1=O)c1ccc(Br)o1. The molecule has 128 valence electrons. The van der Waals surface area contributed by atoms with Crippen LogP contribution in [0.15, 0.2) is 54.7 Å². The molecule has 0 bridgehead atoms. The molecule has 25 heavy (non-hydrogen) atoms. The second kappa shape index (κ2) is 6.40. The van der Waals surface area contributed by atoms with E-state index < -0.39 is 11.5 Å². The summed E-state index contributed by atoms with van der Waals surface area (Å²) in [7, 11) is 0. The number of hydrogen-bond donors (Lipinski definition) is 1. The van der Waals surface area contributed by atoms with Crippen molar-refractivity contribution in [2.45, 2.75) is 12.8 Å². The summed E-state index contributed by atoms with van der Waals surface area (Å²) in [5.74, 6) is -0.375. The predicted molar refractivity (Wildman–Crippen MR) is 98.3 cm³/mol. The van der Waals surface area contributed by atoms with Gasteiger partial charge in [-0.1, -0.05) is 12.1 Å². The van der Waals surface area contributed by atoms with Gasteiger partial charge in [0.2, 0.25) is 0 Å². The zero-order valence-electron chi connectivity index (χ0n) is 13.3. The van der Waals surface area contributed by atoms with Crippen molar-refractivity contribution in [2.75, 3.05) is 23.3 Å². The first kappa shape index (κ1) is 16.0. The Morgan fingerprint density at radius 2 is 1.84 bits per heavy atom. The maximum atomic E-state index is 12.5. The molecule has 3 heterocycles. The van der Waals surface area contributed by atoms with E-state index in [2.05, 4.69) is 26.1 Å². The van der Waals surface area contributed by atoms with Crippen molar-refractivity contribution >= 4 is 44.2 Å². The van der Waals surface area contributed by atoms with Crippen LogP contribution in [0.5, 0.6) is 0 Å². The minimum Gasteiger partial charge on any atom is -0.444 e. The van der Waals surface area contributed by atoms with Gasteiger partial charge in [-0.2, -0.15) is 0 Å². The molecule has 3 aromatic rings. The molecule has 0 saturated carbocycles. The molecule has 0 atom stereocenters. The van der Waals surface area contributed by atoms with E-state index in [-0.39, 0.29) is 11.4 Å². The highest BCUT2D eigenvalue weighted by Gasteiger charge is 2.24. The number of para-hydroxylation sites is 1. The third kappa shape index (κ3) is 2.95. The Morgan fingerprint density at radius 3 is 2.56 bits per heavy atom. The van der Waals surface area contributed by atoms with Crippen LogP contribution in [0.1, 0.15) is 23.4 Å². The lowest BCUT2D eigenvalue weighted by Gasteiger charge is -2.22. The number of carbonyl (C=O) groups is 1. The number of carbonyl (C=O) groups excluding carboxylic acids is 1. The van der Waals surface area contributed by atoms with Crippen LogP contribution < -0.4 is 15.8 Å². The quantitative estimate of drug-likeness (QED) is 0.669. The fourth-order valence-corrected chi connectivity index (χ4v) is 3.43. The molecule has 0 radical (unpaired) electrons. The first-order valence-electron chi connectivity index (χ1n) is 8.01. The van der Waals surface area contributed by atoms with Gasteiger partial charge in [0.1, 0.15) is 5.58 Å². The molecule has 2 aromatic heterocycles. The predicted octanol–water partition coefficient (Wildman–Crippen LogP) is 4.00. The molecule has 1 aromatic carbocycles. The van der Waals surface area contributed by atoms with E-state index in [4.69, 9.17) is 8.83 Å². The molecule has 1 aliphatic heterocycles. The number of nitrogens with zero attached hydrogens (tertiary/aromatic N) is 1. The molecule has 1 saturated heterocycles. The first-order chi connectivity index (χ1) is 12.1. The number of anilines is 2. The second-order valence-corrected chi connectivity index (χ2v) is 6.64. The molecule has 7 heteroatoms. The van der Waals surface area contributed by atoms with Crippen LogP contribution in [0, 0.1) is 0 Å². The lowest BCUT2D eigenvalue weighted by Crippen LogP contribution is -2.25. The van der Waals surface area contributed by atoms with Crippen LogP contribution in [-0.4, -0.2) is 19.0 Å². The number of amides is 1. The van der Waals surface area contributed by atoms with Crippen LogP contribution in [0.3, 0.4) is 0 Å². The van der Waals surface area contributed by atoms with E-state index in [1.807, 2.05) is 18.2 Å². The van der Waals surface area contributed by atoms with Crippen LogP contribution in [0.25, 0.3) is 11.0 Å². The molecular formula is C18H15BrN2O4. The Hall–Kier alpha value is -2.54. The van der Waals surface area contributed by atoms with Gasteiger partial charge in [0.15, 0.2) is 16.1 Å².